The summed E-state index contributed by atoms with van der Waals surface area (Å²) in [4.78, 5) is 6.79. The van der Waals surface area contributed by atoms with Crippen LogP contribution in [0.4, 0.5) is 0 Å². The Hall–Kier alpha value is -0.170. The molecule has 1 fully saturated rings. The molecule has 84 valence electrons. The van der Waals surface area contributed by atoms with Crippen molar-refractivity contribution in [1.29, 1.82) is 0 Å². The highest BCUT2D eigenvalue weighted by Crippen LogP contribution is 2.17. The van der Waals surface area contributed by atoms with E-state index in [1.165, 1.54) is 4.31 Å². The molecule has 0 aromatic rings. The first kappa shape index (κ1) is 11.9. The van der Waals surface area contributed by atoms with Gasteiger partial charge in [-0.25, -0.2) is 0 Å². The number of hydrogen-bond donors (Lipinski definition) is 1. The first-order chi connectivity index (χ1) is 6.56. The summed E-state index contributed by atoms with van der Waals surface area (Å²) in [5, 5.41) is 0. The van der Waals surface area contributed by atoms with E-state index < -0.39 is 10.2 Å². The van der Waals surface area contributed by atoms with Crippen LogP contribution < -0.4 is 4.89 Å². The van der Waals surface area contributed by atoms with Gasteiger partial charge in [-0.15, -0.1) is 0 Å². The maximum absolute atomic E-state index is 11.5. The van der Waals surface area contributed by atoms with E-state index in [1.54, 1.807) is 6.92 Å². The Labute approximate surface area is 85.6 Å². The zero-order valence-electron chi connectivity index (χ0n) is 8.69. The Bertz CT molecular complexity index is 258. The maximum Gasteiger partial charge on any atom is 0.301 e. The van der Waals surface area contributed by atoms with E-state index in [2.05, 4.69) is 11.8 Å². The Balaban J connectivity index is 2.47. The average molecular weight is 222 g/mol. The first-order valence-electron chi connectivity index (χ1n) is 4.95. The monoisotopic (exact) mass is 222 g/mol. The van der Waals surface area contributed by atoms with Crippen molar-refractivity contribution in [1.82, 2.24) is 9.19 Å². The zero-order chi connectivity index (χ0) is 10.6. The van der Waals surface area contributed by atoms with Crippen LogP contribution in [0.3, 0.4) is 0 Å². The van der Waals surface area contributed by atoms with Crippen molar-refractivity contribution in [2.45, 2.75) is 26.7 Å². The number of nitrogens with one attached hydrogen (secondary N) is 1. The highest BCUT2D eigenvalue weighted by Gasteiger charge is 2.26. The lowest BCUT2D eigenvalue weighted by atomic mass is 10.0. The van der Waals surface area contributed by atoms with Crippen molar-refractivity contribution in [3.63, 3.8) is 0 Å². The Morgan fingerprint density at radius 3 is 2.50 bits per heavy atom. The Morgan fingerprint density at radius 2 is 2.00 bits per heavy atom. The van der Waals surface area contributed by atoms with Crippen molar-refractivity contribution < 1.29 is 13.3 Å². The molecule has 1 N–H and O–H groups in total. The third-order valence-electron chi connectivity index (χ3n) is 2.39. The second kappa shape index (κ2) is 5.06. The summed E-state index contributed by atoms with van der Waals surface area (Å²) in [5.41, 5.74) is 0. The minimum Gasteiger partial charge on any atom is -0.286 e. The molecule has 1 aliphatic rings. The molecule has 0 unspecified atom stereocenters. The number of hydrogen-bond acceptors (Lipinski definition) is 3. The van der Waals surface area contributed by atoms with Gasteiger partial charge >= 0.3 is 10.2 Å². The molecule has 0 saturated carbocycles. The largest absolute Gasteiger partial charge is 0.301 e. The van der Waals surface area contributed by atoms with Crippen LogP contribution >= 0.6 is 0 Å². The lowest BCUT2D eigenvalue weighted by molar-refractivity contribution is 0.0977. The average Bonchev–Trinajstić information content (AvgIpc) is 2.16. The predicted octanol–water partition coefficient (Wildman–Crippen LogP) is 0.504. The molecule has 0 aliphatic carbocycles. The van der Waals surface area contributed by atoms with Gasteiger partial charge in [-0.1, -0.05) is 11.8 Å². The van der Waals surface area contributed by atoms with E-state index in [-0.39, 0.29) is 0 Å². The number of piperidine rings is 1. The molecule has 0 aromatic carbocycles. The summed E-state index contributed by atoms with van der Waals surface area (Å²) in [6, 6.07) is 0. The smallest absolute Gasteiger partial charge is 0.286 e. The van der Waals surface area contributed by atoms with E-state index in [0.717, 1.165) is 12.8 Å². The summed E-state index contributed by atoms with van der Waals surface area (Å²) in [6.07, 6.45) is 1.85. The first-order valence-corrected chi connectivity index (χ1v) is 6.39. The van der Waals surface area contributed by atoms with Gasteiger partial charge in [-0.2, -0.15) is 12.7 Å². The molecular formula is C8H18N2O3S. The van der Waals surface area contributed by atoms with Gasteiger partial charge in [0, 0.05) is 13.1 Å². The summed E-state index contributed by atoms with van der Waals surface area (Å²) < 4.78 is 24.5. The van der Waals surface area contributed by atoms with Crippen LogP contribution in [0.1, 0.15) is 26.7 Å². The lowest BCUT2D eigenvalue weighted by Crippen LogP contribution is -2.44. The number of rotatable bonds is 4. The van der Waals surface area contributed by atoms with Gasteiger partial charge < -0.3 is 0 Å². The Kier molecular flexibility index (Phi) is 4.31. The van der Waals surface area contributed by atoms with E-state index in [4.69, 9.17) is 4.84 Å². The van der Waals surface area contributed by atoms with Crippen molar-refractivity contribution in [2.24, 2.45) is 5.92 Å². The SMILES string of the molecule is CCONS(=O)(=O)N1CCC(C)CC1. The van der Waals surface area contributed by atoms with Crippen LogP contribution in [0.25, 0.3) is 0 Å². The van der Waals surface area contributed by atoms with Gasteiger partial charge in [-0.05, 0) is 25.7 Å². The predicted molar refractivity (Wildman–Crippen MR) is 53.7 cm³/mol. The van der Waals surface area contributed by atoms with Crippen molar-refractivity contribution >= 4 is 10.2 Å². The molecule has 1 heterocycles. The molecular weight excluding hydrogens is 204 g/mol. The third-order valence-corrected chi connectivity index (χ3v) is 3.76. The third kappa shape index (κ3) is 3.20. The summed E-state index contributed by atoms with van der Waals surface area (Å²) in [5.74, 6) is 0.619. The molecule has 1 rings (SSSR count). The highest BCUT2D eigenvalue weighted by molar-refractivity contribution is 7.87. The van der Waals surface area contributed by atoms with Gasteiger partial charge in [0.1, 0.15) is 0 Å². The second-order valence-electron chi connectivity index (χ2n) is 3.60. The fourth-order valence-electron chi connectivity index (χ4n) is 1.41. The summed E-state index contributed by atoms with van der Waals surface area (Å²) in [7, 11) is -3.41. The van der Waals surface area contributed by atoms with Gasteiger partial charge in [0.15, 0.2) is 0 Å². The molecule has 0 aromatic heterocycles. The van der Waals surface area contributed by atoms with Crippen molar-refractivity contribution in [2.75, 3.05) is 19.7 Å². The molecule has 1 aliphatic heterocycles. The highest BCUT2D eigenvalue weighted by atomic mass is 32.2. The molecule has 0 amide bonds. The molecule has 0 atom stereocenters. The minimum absolute atomic E-state index is 0.337. The van der Waals surface area contributed by atoms with Crippen LogP contribution in [0.2, 0.25) is 0 Å². The van der Waals surface area contributed by atoms with Crippen LogP contribution in [0.15, 0.2) is 0 Å². The van der Waals surface area contributed by atoms with Crippen molar-refractivity contribution in [3.05, 3.63) is 0 Å². The van der Waals surface area contributed by atoms with E-state index >= 15 is 0 Å². The quantitative estimate of drug-likeness (QED) is 0.705. The van der Waals surface area contributed by atoms with Crippen LogP contribution in [0, 0.1) is 5.92 Å². The fraction of sp³-hybridized carbons (Fsp3) is 1.00. The van der Waals surface area contributed by atoms with Gasteiger partial charge in [0.2, 0.25) is 0 Å². The maximum atomic E-state index is 11.5. The minimum atomic E-state index is -3.41. The molecule has 0 spiro atoms. The summed E-state index contributed by atoms with van der Waals surface area (Å²) in [6.45, 7) is 5.39. The summed E-state index contributed by atoms with van der Waals surface area (Å²) >= 11 is 0. The van der Waals surface area contributed by atoms with E-state index in [9.17, 15) is 8.42 Å². The molecule has 6 heteroatoms. The molecule has 1 saturated heterocycles. The zero-order valence-corrected chi connectivity index (χ0v) is 9.51. The van der Waals surface area contributed by atoms with Crippen molar-refractivity contribution in [3.8, 4) is 0 Å². The molecule has 0 bridgehead atoms. The molecule has 5 nitrogen and oxygen atoms in total. The lowest BCUT2D eigenvalue weighted by Gasteiger charge is -2.28. The molecule has 0 radical (unpaired) electrons. The fourth-order valence-corrected chi connectivity index (χ4v) is 2.48. The number of nitrogens with zero attached hydrogens (tertiary/aromatic N) is 1. The normalized spacial score (nSPS) is 21.3. The van der Waals surface area contributed by atoms with Gasteiger partial charge in [-0.3, -0.25) is 4.84 Å². The van der Waals surface area contributed by atoms with Gasteiger partial charge in [0.05, 0.1) is 6.61 Å². The molecule has 14 heavy (non-hydrogen) atoms. The second-order valence-corrected chi connectivity index (χ2v) is 5.24. The van der Waals surface area contributed by atoms with Gasteiger partial charge in [0.25, 0.3) is 0 Å². The van der Waals surface area contributed by atoms with E-state index in [1.807, 2.05) is 0 Å². The van der Waals surface area contributed by atoms with Crippen LogP contribution in [-0.4, -0.2) is 32.4 Å². The standard InChI is InChI=1S/C8H18N2O3S/c1-3-13-9-14(11,12)10-6-4-8(2)5-7-10/h8-9H,3-7H2,1-2H3. The van der Waals surface area contributed by atoms with Crippen LogP contribution in [-0.2, 0) is 15.0 Å². The topological polar surface area (TPSA) is 58.6 Å². The van der Waals surface area contributed by atoms with Crippen LogP contribution in [0.5, 0.6) is 0 Å². The van der Waals surface area contributed by atoms with E-state index in [0.29, 0.717) is 25.6 Å². The Morgan fingerprint density at radius 1 is 1.43 bits per heavy atom.